The third-order valence-electron chi connectivity index (χ3n) is 6.28. The van der Waals surface area contributed by atoms with Crippen molar-refractivity contribution in [1.29, 1.82) is 0 Å². The highest BCUT2D eigenvalue weighted by Crippen LogP contribution is 2.19. The van der Waals surface area contributed by atoms with E-state index in [0.717, 1.165) is 10.9 Å². The lowest BCUT2D eigenvalue weighted by molar-refractivity contribution is -0.142. The molecule has 0 radical (unpaired) electrons. The van der Waals surface area contributed by atoms with Gasteiger partial charge in [-0.05, 0) is 42.9 Å². The van der Waals surface area contributed by atoms with Gasteiger partial charge >= 0.3 is 11.9 Å². The third kappa shape index (κ3) is 10.8. The number of para-hydroxylation sites is 1. The highest BCUT2D eigenvalue weighted by atomic mass is 32.2. The minimum atomic E-state index is -1.34. The molecule has 14 nitrogen and oxygen atoms in total. The molecule has 0 bridgehead atoms. The number of carbonyl (C=O) groups excluding carboxylic acids is 4. The van der Waals surface area contributed by atoms with Crippen molar-refractivity contribution in [3.05, 3.63) is 36.0 Å². The van der Waals surface area contributed by atoms with E-state index < -0.39 is 59.7 Å². The minimum absolute atomic E-state index is 0.0249. The van der Waals surface area contributed by atoms with Gasteiger partial charge in [0, 0.05) is 36.4 Å². The van der Waals surface area contributed by atoms with E-state index in [4.69, 9.17) is 16.6 Å². The Labute approximate surface area is 240 Å². The molecule has 2 aromatic rings. The molecule has 1 aromatic heterocycles. The van der Waals surface area contributed by atoms with E-state index in [1.54, 1.807) is 18.5 Å². The van der Waals surface area contributed by atoms with Gasteiger partial charge in [-0.2, -0.15) is 11.8 Å². The van der Waals surface area contributed by atoms with Crippen LogP contribution in [0, 0.1) is 0 Å². The number of hydrogen-bond acceptors (Lipinski definition) is 8. The molecule has 0 aliphatic rings. The van der Waals surface area contributed by atoms with Crippen molar-refractivity contribution in [1.82, 2.24) is 20.9 Å². The zero-order valence-corrected chi connectivity index (χ0v) is 23.4. The Morgan fingerprint density at radius 1 is 0.878 bits per heavy atom. The molecular weight excluding hydrogens is 556 g/mol. The Hall–Kier alpha value is -4.11. The van der Waals surface area contributed by atoms with Gasteiger partial charge in [0.05, 0.1) is 6.04 Å². The summed E-state index contributed by atoms with van der Waals surface area (Å²) in [7, 11) is 0. The Kier molecular flexibility index (Phi) is 13.1. The van der Waals surface area contributed by atoms with Crippen molar-refractivity contribution in [3.63, 3.8) is 0 Å². The smallest absolute Gasteiger partial charge is 0.326 e. The number of aliphatic carboxylic acids is 2. The van der Waals surface area contributed by atoms with Crippen molar-refractivity contribution in [3.8, 4) is 0 Å². The second-order valence-corrected chi connectivity index (χ2v) is 10.4. The summed E-state index contributed by atoms with van der Waals surface area (Å²) in [5, 5.41) is 26.6. The van der Waals surface area contributed by atoms with E-state index in [-0.39, 0.29) is 38.5 Å². The van der Waals surface area contributed by atoms with Crippen LogP contribution in [0.2, 0.25) is 0 Å². The van der Waals surface area contributed by atoms with Crippen LogP contribution in [0.3, 0.4) is 0 Å². The van der Waals surface area contributed by atoms with Crippen molar-refractivity contribution in [2.75, 3.05) is 12.0 Å². The first-order valence-electron chi connectivity index (χ1n) is 12.9. The highest BCUT2D eigenvalue weighted by molar-refractivity contribution is 7.98. The topological polar surface area (TPSA) is 247 Å². The number of carboxylic acids is 2. The summed E-state index contributed by atoms with van der Waals surface area (Å²) in [5.41, 5.74) is 12.5. The van der Waals surface area contributed by atoms with Gasteiger partial charge in [0.15, 0.2) is 0 Å². The first-order valence-corrected chi connectivity index (χ1v) is 14.3. The molecule has 1 aromatic carbocycles. The number of nitrogens with two attached hydrogens (primary N) is 2. The molecule has 0 saturated heterocycles. The molecule has 224 valence electrons. The molecule has 1 heterocycles. The van der Waals surface area contributed by atoms with Crippen LogP contribution in [0.15, 0.2) is 30.5 Å². The molecule has 4 amide bonds. The number of H-pyrrole nitrogens is 1. The van der Waals surface area contributed by atoms with Crippen LogP contribution in [0.1, 0.15) is 37.7 Å². The number of aromatic nitrogens is 1. The second-order valence-electron chi connectivity index (χ2n) is 9.41. The van der Waals surface area contributed by atoms with Gasteiger partial charge in [-0.15, -0.1) is 0 Å². The maximum atomic E-state index is 13.5. The summed E-state index contributed by atoms with van der Waals surface area (Å²) in [6, 6.07) is 2.23. The summed E-state index contributed by atoms with van der Waals surface area (Å²) in [6.45, 7) is 0. The number of rotatable bonds is 18. The number of aromatic amines is 1. The van der Waals surface area contributed by atoms with Crippen LogP contribution >= 0.6 is 11.8 Å². The molecule has 2 rings (SSSR count). The highest BCUT2D eigenvalue weighted by Gasteiger charge is 2.31. The summed E-state index contributed by atoms with van der Waals surface area (Å²) in [5.74, 6) is -5.07. The molecule has 4 atom stereocenters. The van der Waals surface area contributed by atoms with Crippen molar-refractivity contribution >= 4 is 58.2 Å². The number of carbonyl (C=O) groups is 6. The zero-order chi connectivity index (χ0) is 30.5. The number of fused-ring (bicyclic) bond motifs is 1. The minimum Gasteiger partial charge on any atom is -0.481 e. The summed E-state index contributed by atoms with van der Waals surface area (Å²) in [6.07, 6.45) is 2.54. The molecule has 0 aliphatic heterocycles. The largest absolute Gasteiger partial charge is 0.481 e. The average Bonchev–Trinajstić information content (AvgIpc) is 3.33. The maximum absolute atomic E-state index is 13.5. The van der Waals surface area contributed by atoms with Gasteiger partial charge in [-0.25, -0.2) is 4.79 Å². The van der Waals surface area contributed by atoms with Crippen molar-refractivity contribution in [2.24, 2.45) is 11.5 Å². The van der Waals surface area contributed by atoms with Gasteiger partial charge in [-0.3, -0.25) is 24.0 Å². The fourth-order valence-electron chi connectivity index (χ4n) is 4.01. The number of carboxylic acid groups (broad SMARTS) is 2. The Balaban J connectivity index is 2.30. The lowest BCUT2D eigenvalue weighted by Gasteiger charge is -2.25. The first kappa shape index (κ1) is 33.1. The van der Waals surface area contributed by atoms with Crippen LogP contribution in [0.5, 0.6) is 0 Å². The molecule has 10 N–H and O–H groups in total. The molecule has 0 fully saturated rings. The van der Waals surface area contributed by atoms with Crippen LogP contribution in [-0.2, 0) is 35.2 Å². The van der Waals surface area contributed by atoms with Gasteiger partial charge in [0.25, 0.3) is 0 Å². The van der Waals surface area contributed by atoms with Gasteiger partial charge in [0.2, 0.25) is 23.6 Å². The number of thioether (sulfide) groups is 1. The lowest BCUT2D eigenvalue weighted by atomic mass is 10.0. The molecule has 15 heteroatoms. The van der Waals surface area contributed by atoms with E-state index in [1.807, 2.05) is 18.2 Å². The summed E-state index contributed by atoms with van der Waals surface area (Å²) >= 11 is 1.40. The molecular formula is C26H36N6O8S. The quantitative estimate of drug-likeness (QED) is 0.110. The third-order valence-corrected chi connectivity index (χ3v) is 6.92. The lowest BCUT2D eigenvalue weighted by Crippen LogP contribution is -2.57. The Bertz CT molecular complexity index is 1250. The van der Waals surface area contributed by atoms with E-state index >= 15 is 0 Å². The fourth-order valence-corrected chi connectivity index (χ4v) is 4.48. The predicted molar refractivity (Wildman–Crippen MR) is 152 cm³/mol. The number of hydrogen-bond donors (Lipinski definition) is 8. The Morgan fingerprint density at radius 3 is 2.15 bits per heavy atom. The number of nitrogens with one attached hydrogen (secondary N) is 4. The second kappa shape index (κ2) is 16.2. The maximum Gasteiger partial charge on any atom is 0.326 e. The molecule has 0 saturated carbocycles. The normalized spacial score (nSPS) is 13.9. The number of benzene rings is 1. The molecule has 4 unspecified atom stereocenters. The van der Waals surface area contributed by atoms with E-state index in [2.05, 4.69) is 20.9 Å². The van der Waals surface area contributed by atoms with Crippen LogP contribution in [0.25, 0.3) is 10.9 Å². The van der Waals surface area contributed by atoms with Crippen LogP contribution < -0.4 is 27.4 Å². The van der Waals surface area contributed by atoms with E-state index in [0.29, 0.717) is 11.3 Å². The van der Waals surface area contributed by atoms with Crippen LogP contribution in [-0.4, -0.2) is 86.9 Å². The fraction of sp³-hybridized carbons (Fsp3) is 0.462. The van der Waals surface area contributed by atoms with Crippen molar-refractivity contribution in [2.45, 2.75) is 62.7 Å². The molecule has 0 spiro atoms. The van der Waals surface area contributed by atoms with Crippen LogP contribution in [0.4, 0.5) is 0 Å². The number of primary amides is 1. The zero-order valence-electron chi connectivity index (χ0n) is 22.6. The first-order chi connectivity index (χ1) is 19.4. The molecule has 41 heavy (non-hydrogen) atoms. The average molecular weight is 593 g/mol. The van der Waals surface area contributed by atoms with E-state index in [1.165, 1.54) is 11.8 Å². The SMILES string of the molecule is CSCCC(NC(=O)C(CCC(N)=O)NC(=O)C(Cc1c[nH]c2ccccc12)NC(=O)C(N)CCC(=O)O)C(=O)O. The van der Waals surface area contributed by atoms with Gasteiger partial charge in [0.1, 0.15) is 18.1 Å². The Morgan fingerprint density at radius 2 is 1.51 bits per heavy atom. The number of amides is 4. The van der Waals surface area contributed by atoms with Gasteiger partial charge < -0.3 is 42.6 Å². The van der Waals surface area contributed by atoms with Gasteiger partial charge in [-0.1, -0.05) is 18.2 Å². The monoisotopic (exact) mass is 592 g/mol. The standard InChI is InChI=1S/C26H36N6O8S/c1-41-11-10-19(26(39)40)31-24(37)18(7-8-21(28)33)30-25(38)20(32-23(36)16(27)6-9-22(34)35)12-14-13-29-17-5-3-2-4-15(14)17/h2-5,13,16,18-20,29H,6-12,27H2,1H3,(H2,28,33)(H,30,38)(H,31,37)(H,32,36)(H,34,35)(H,39,40). The van der Waals surface area contributed by atoms with E-state index in [9.17, 15) is 33.9 Å². The molecule has 0 aliphatic carbocycles. The summed E-state index contributed by atoms with van der Waals surface area (Å²) < 4.78 is 0. The summed E-state index contributed by atoms with van der Waals surface area (Å²) in [4.78, 5) is 76.4. The predicted octanol–water partition coefficient (Wildman–Crippen LogP) is -0.540. The van der Waals surface area contributed by atoms with Crippen molar-refractivity contribution < 1.29 is 39.0 Å².